The van der Waals surface area contributed by atoms with Crippen molar-refractivity contribution in [3.63, 3.8) is 0 Å². The van der Waals surface area contributed by atoms with E-state index in [1.807, 2.05) is 24.3 Å². The zero-order valence-corrected chi connectivity index (χ0v) is 13.9. The van der Waals surface area contributed by atoms with Crippen LogP contribution in [0.1, 0.15) is 37.1 Å². The molecule has 0 bridgehead atoms. The van der Waals surface area contributed by atoms with Crippen molar-refractivity contribution in [2.75, 3.05) is 7.11 Å². The molecule has 0 radical (unpaired) electrons. The van der Waals surface area contributed by atoms with Gasteiger partial charge in [-0.15, -0.1) is 11.3 Å². The minimum absolute atomic E-state index is 0.132. The topological polar surface area (TPSA) is 21.3 Å². The molecular weight excluding hydrogens is 313 g/mol. The monoisotopic (exact) mass is 329 g/mol. The summed E-state index contributed by atoms with van der Waals surface area (Å²) in [5, 5.41) is 3.53. The molecule has 0 aliphatic carbocycles. The maximum absolute atomic E-state index is 6.19. The van der Waals surface area contributed by atoms with Crippen LogP contribution in [0.5, 0.6) is 5.75 Å². The third-order valence-electron chi connectivity index (χ3n) is 3.24. The van der Waals surface area contributed by atoms with Crippen LogP contribution in [0.2, 0.25) is 8.67 Å². The molecule has 2 rings (SSSR count). The average Bonchev–Trinajstić information content (AvgIpc) is 2.77. The SMILES string of the molecule is COc1cccc(C(C)NC(C)c2cc(Cl)sc2Cl)c1. The van der Waals surface area contributed by atoms with Crippen LogP contribution in [0.4, 0.5) is 0 Å². The van der Waals surface area contributed by atoms with Gasteiger partial charge in [0.15, 0.2) is 0 Å². The Balaban J connectivity index is 2.10. The molecule has 5 heteroatoms. The number of rotatable bonds is 5. The van der Waals surface area contributed by atoms with Crippen LogP contribution >= 0.6 is 34.5 Å². The highest BCUT2D eigenvalue weighted by Crippen LogP contribution is 2.35. The summed E-state index contributed by atoms with van der Waals surface area (Å²) in [6.07, 6.45) is 0. The van der Waals surface area contributed by atoms with Gasteiger partial charge in [-0.25, -0.2) is 0 Å². The molecule has 1 N–H and O–H groups in total. The summed E-state index contributed by atoms with van der Waals surface area (Å²) in [4.78, 5) is 0. The Morgan fingerprint density at radius 2 is 1.90 bits per heavy atom. The van der Waals surface area contributed by atoms with E-state index in [9.17, 15) is 0 Å². The lowest BCUT2D eigenvalue weighted by Crippen LogP contribution is -2.22. The first-order chi connectivity index (χ1) is 9.51. The van der Waals surface area contributed by atoms with Crippen LogP contribution in [0.15, 0.2) is 30.3 Å². The van der Waals surface area contributed by atoms with Crippen molar-refractivity contribution in [1.82, 2.24) is 5.32 Å². The van der Waals surface area contributed by atoms with Crippen molar-refractivity contribution in [2.24, 2.45) is 0 Å². The number of thiophene rings is 1. The minimum atomic E-state index is 0.132. The Morgan fingerprint density at radius 1 is 1.15 bits per heavy atom. The molecule has 1 aromatic carbocycles. The van der Waals surface area contributed by atoms with Gasteiger partial charge in [-0.2, -0.15) is 0 Å². The lowest BCUT2D eigenvalue weighted by Gasteiger charge is -2.20. The van der Waals surface area contributed by atoms with Crippen molar-refractivity contribution in [1.29, 1.82) is 0 Å². The maximum Gasteiger partial charge on any atom is 0.119 e. The summed E-state index contributed by atoms with van der Waals surface area (Å²) >= 11 is 13.6. The molecule has 0 spiro atoms. The van der Waals surface area contributed by atoms with Gasteiger partial charge in [0.05, 0.1) is 15.8 Å². The largest absolute Gasteiger partial charge is 0.497 e. The Kier molecular flexibility index (Phi) is 5.33. The highest BCUT2D eigenvalue weighted by atomic mass is 35.5. The molecule has 2 atom stereocenters. The highest BCUT2D eigenvalue weighted by Gasteiger charge is 2.16. The summed E-state index contributed by atoms with van der Waals surface area (Å²) in [6.45, 7) is 4.20. The van der Waals surface area contributed by atoms with E-state index >= 15 is 0 Å². The zero-order chi connectivity index (χ0) is 14.7. The number of halogens is 2. The van der Waals surface area contributed by atoms with E-state index in [0.29, 0.717) is 4.34 Å². The van der Waals surface area contributed by atoms with Crippen molar-refractivity contribution in [3.05, 3.63) is 50.1 Å². The standard InChI is InChI=1S/C15H17Cl2NOS/c1-9(11-5-4-6-12(7-11)19-3)18-10(2)13-8-14(16)20-15(13)17/h4-10,18H,1-3H3. The van der Waals surface area contributed by atoms with Crippen LogP contribution in [0.3, 0.4) is 0 Å². The minimum Gasteiger partial charge on any atom is -0.497 e. The highest BCUT2D eigenvalue weighted by molar-refractivity contribution is 7.20. The van der Waals surface area contributed by atoms with E-state index in [0.717, 1.165) is 15.6 Å². The van der Waals surface area contributed by atoms with Crippen LogP contribution < -0.4 is 10.1 Å². The quantitative estimate of drug-likeness (QED) is 0.784. The van der Waals surface area contributed by atoms with E-state index in [4.69, 9.17) is 27.9 Å². The fraction of sp³-hybridized carbons (Fsp3) is 0.333. The van der Waals surface area contributed by atoms with Gasteiger partial charge >= 0.3 is 0 Å². The predicted molar refractivity (Wildman–Crippen MR) is 87.3 cm³/mol. The van der Waals surface area contributed by atoms with Gasteiger partial charge in [-0.05, 0) is 43.2 Å². The molecule has 0 amide bonds. The number of hydrogen-bond donors (Lipinski definition) is 1. The molecule has 2 aromatic rings. The van der Waals surface area contributed by atoms with Crippen LogP contribution in [0, 0.1) is 0 Å². The van der Waals surface area contributed by atoms with Gasteiger partial charge in [-0.3, -0.25) is 0 Å². The summed E-state index contributed by atoms with van der Waals surface area (Å²) in [5.74, 6) is 0.861. The molecule has 108 valence electrons. The smallest absolute Gasteiger partial charge is 0.119 e. The summed E-state index contributed by atoms with van der Waals surface area (Å²) < 4.78 is 6.71. The van der Waals surface area contributed by atoms with E-state index in [2.05, 4.69) is 25.2 Å². The third-order valence-corrected chi connectivity index (χ3v) is 4.76. The number of benzene rings is 1. The Labute approximate surface area is 133 Å². The summed E-state index contributed by atoms with van der Waals surface area (Å²) in [6, 6.07) is 10.3. The van der Waals surface area contributed by atoms with Crippen molar-refractivity contribution < 1.29 is 4.74 Å². The molecule has 0 fully saturated rings. The van der Waals surface area contributed by atoms with Crippen molar-refractivity contribution >= 4 is 34.5 Å². The number of ether oxygens (including phenoxy) is 1. The Morgan fingerprint density at radius 3 is 2.50 bits per heavy atom. The lowest BCUT2D eigenvalue weighted by atomic mass is 10.1. The van der Waals surface area contributed by atoms with Crippen LogP contribution in [0.25, 0.3) is 0 Å². The van der Waals surface area contributed by atoms with Crippen molar-refractivity contribution in [3.8, 4) is 5.75 Å². The molecule has 1 heterocycles. The maximum atomic E-state index is 6.19. The number of hydrogen-bond acceptors (Lipinski definition) is 3. The predicted octanol–water partition coefficient (Wildman–Crippen LogP) is 5.48. The molecule has 2 unspecified atom stereocenters. The average molecular weight is 330 g/mol. The Hall–Kier alpha value is -0.740. The lowest BCUT2D eigenvalue weighted by molar-refractivity contribution is 0.412. The molecule has 0 aliphatic heterocycles. The second-order valence-corrected chi connectivity index (χ2v) is 6.95. The molecular formula is C15H17Cl2NOS. The van der Waals surface area contributed by atoms with Crippen LogP contribution in [-0.4, -0.2) is 7.11 Å². The van der Waals surface area contributed by atoms with Gasteiger partial charge in [0.2, 0.25) is 0 Å². The molecule has 0 aliphatic rings. The molecule has 0 saturated carbocycles. The van der Waals surface area contributed by atoms with Gasteiger partial charge < -0.3 is 10.1 Å². The normalized spacial score (nSPS) is 14.1. The second kappa shape index (κ2) is 6.81. The fourth-order valence-electron chi connectivity index (χ4n) is 2.12. The van der Waals surface area contributed by atoms with E-state index in [1.165, 1.54) is 16.9 Å². The van der Waals surface area contributed by atoms with Gasteiger partial charge in [0.1, 0.15) is 5.75 Å². The Bertz CT molecular complexity index is 585. The molecule has 2 nitrogen and oxygen atoms in total. The first kappa shape index (κ1) is 15.6. The van der Waals surface area contributed by atoms with Crippen LogP contribution in [-0.2, 0) is 0 Å². The summed E-state index contributed by atoms with van der Waals surface area (Å²) in [5.41, 5.74) is 2.21. The third kappa shape index (κ3) is 3.67. The molecule has 0 saturated heterocycles. The van der Waals surface area contributed by atoms with Gasteiger partial charge in [-0.1, -0.05) is 35.3 Å². The first-order valence-corrected chi connectivity index (χ1v) is 7.93. The summed E-state index contributed by atoms with van der Waals surface area (Å²) in [7, 11) is 1.67. The molecule has 1 aromatic heterocycles. The van der Waals surface area contributed by atoms with E-state index in [1.54, 1.807) is 7.11 Å². The fourth-order valence-corrected chi connectivity index (χ4v) is 3.77. The van der Waals surface area contributed by atoms with Crippen molar-refractivity contribution in [2.45, 2.75) is 25.9 Å². The molecule has 20 heavy (non-hydrogen) atoms. The number of nitrogens with one attached hydrogen (secondary N) is 1. The first-order valence-electron chi connectivity index (χ1n) is 6.36. The number of methoxy groups -OCH3 is 1. The van der Waals surface area contributed by atoms with Gasteiger partial charge in [0, 0.05) is 12.1 Å². The van der Waals surface area contributed by atoms with Gasteiger partial charge in [0.25, 0.3) is 0 Å². The zero-order valence-electron chi connectivity index (χ0n) is 11.6. The van der Waals surface area contributed by atoms with E-state index in [-0.39, 0.29) is 12.1 Å². The van der Waals surface area contributed by atoms with E-state index < -0.39 is 0 Å². The second-order valence-electron chi connectivity index (χ2n) is 4.67.